The van der Waals surface area contributed by atoms with Crippen molar-refractivity contribution in [3.8, 4) is 0 Å². The molecule has 0 N–H and O–H groups in total. The molecule has 0 fully saturated rings. The monoisotopic (exact) mass is 331 g/mol. The molecule has 2 aromatic rings. The minimum absolute atomic E-state index is 0.0374. The number of rotatable bonds is 6. The molecule has 6 nitrogen and oxygen atoms in total. The summed E-state index contributed by atoms with van der Waals surface area (Å²) < 4.78 is 4.76. The number of esters is 1. The van der Waals surface area contributed by atoms with Crippen LogP contribution in [0, 0.1) is 10.1 Å². The molecule has 0 aliphatic rings. The van der Waals surface area contributed by atoms with Crippen molar-refractivity contribution in [2.24, 2.45) is 0 Å². The fraction of sp³-hybridized carbons (Fsp3) is 0.125. The molecular weight excluding hydrogens is 318 g/mol. The normalized spacial score (nSPS) is 10.1. The van der Waals surface area contributed by atoms with E-state index in [1.807, 2.05) is 30.3 Å². The summed E-state index contributed by atoms with van der Waals surface area (Å²) in [5.41, 5.74) is -0.147. The highest BCUT2D eigenvalue weighted by molar-refractivity contribution is 7.99. The van der Waals surface area contributed by atoms with E-state index >= 15 is 0 Å². The summed E-state index contributed by atoms with van der Waals surface area (Å²) in [6.07, 6.45) is 0. The fourth-order valence-corrected chi connectivity index (χ4v) is 2.66. The highest BCUT2D eigenvalue weighted by atomic mass is 32.2. The van der Waals surface area contributed by atoms with Gasteiger partial charge >= 0.3 is 5.97 Å². The summed E-state index contributed by atoms with van der Waals surface area (Å²) in [6.45, 7) is 0.933. The number of nitro groups is 1. The van der Waals surface area contributed by atoms with E-state index in [1.165, 1.54) is 30.8 Å². The van der Waals surface area contributed by atoms with Crippen LogP contribution in [0.5, 0.6) is 0 Å². The van der Waals surface area contributed by atoms with Gasteiger partial charge in [-0.15, -0.1) is 0 Å². The molecule has 0 unspecified atom stereocenters. The number of carbonyl (C=O) groups is 2. The van der Waals surface area contributed by atoms with Gasteiger partial charge in [-0.05, 0) is 31.2 Å². The molecule has 0 aromatic heterocycles. The van der Waals surface area contributed by atoms with Crippen molar-refractivity contribution in [2.75, 3.05) is 6.61 Å². The zero-order valence-electron chi connectivity index (χ0n) is 12.2. The molecule has 7 heteroatoms. The Labute approximate surface area is 136 Å². The number of ketones is 1. The van der Waals surface area contributed by atoms with E-state index < -0.39 is 10.9 Å². The van der Waals surface area contributed by atoms with Crippen molar-refractivity contribution < 1.29 is 19.2 Å². The van der Waals surface area contributed by atoms with Crippen molar-refractivity contribution in [3.63, 3.8) is 0 Å². The van der Waals surface area contributed by atoms with E-state index in [0.29, 0.717) is 4.90 Å². The SMILES string of the molecule is CC(=O)COC(=O)c1ccc(Sc2ccccc2)c([N+](=O)[O-])c1. The molecule has 2 aromatic carbocycles. The van der Waals surface area contributed by atoms with Crippen LogP contribution < -0.4 is 0 Å². The van der Waals surface area contributed by atoms with E-state index in [4.69, 9.17) is 4.74 Å². The first-order valence-corrected chi connectivity index (χ1v) is 7.47. The van der Waals surface area contributed by atoms with Gasteiger partial charge in [-0.1, -0.05) is 30.0 Å². The van der Waals surface area contributed by atoms with Crippen LogP contribution in [0.25, 0.3) is 0 Å². The van der Waals surface area contributed by atoms with Crippen molar-refractivity contribution in [1.29, 1.82) is 0 Å². The van der Waals surface area contributed by atoms with Crippen LogP contribution in [0.2, 0.25) is 0 Å². The van der Waals surface area contributed by atoms with Crippen LogP contribution >= 0.6 is 11.8 Å². The van der Waals surface area contributed by atoms with Crippen molar-refractivity contribution in [1.82, 2.24) is 0 Å². The first-order chi connectivity index (χ1) is 11.0. The quantitative estimate of drug-likeness (QED) is 0.457. The van der Waals surface area contributed by atoms with Crippen molar-refractivity contribution >= 4 is 29.2 Å². The minimum atomic E-state index is -0.764. The maximum Gasteiger partial charge on any atom is 0.338 e. The second kappa shape index (κ2) is 7.55. The Morgan fingerprint density at radius 1 is 1.17 bits per heavy atom. The molecule has 0 bridgehead atoms. The van der Waals surface area contributed by atoms with Gasteiger partial charge in [0.25, 0.3) is 5.69 Å². The number of ether oxygens (including phenoxy) is 1. The zero-order valence-corrected chi connectivity index (χ0v) is 13.0. The third-order valence-electron chi connectivity index (χ3n) is 2.77. The van der Waals surface area contributed by atoms with Crippen LogP contribution in [0.1, 0.15) is 17.3 Å². The van der Waals surface area contributed by atoms with Gasteiger partial charge in [-0.3, -0.25) is 14.9 Å². The predicted molar refractivity (Wildman–Crippen MR) is 84.6 cm³/mol. The molecule has 0 atom stereocenters. The largest absolute Gasteiger partial charge is 0.454 e. The number of nitro benzene ring substituents is 1. The zero-order chi connectivity index (χ0) is 16.8. The third-order valence-corrected chi connectivity index (χ3v) is 3.84. The summed E-state index contributed by atoms with van der Waals surface area (Å²) in [5, 5.41) is 11.2. The van der Waals surface area contributed by atoms with Gasteiger partial charge in [0.2, 0.25) is 0 Å². The van der Waals surface area contributed by atoms with Crippen LogP contribution in [0.15, 0.2) is 58.3 Å². The first-order valence-electron chi connectivity index (χ1n) is 6.65. The number of hydrogen-bond acceptors (Lipinski definition) is 6. The van der Waals surface area contributed by atoms with E-state index in [9.17, 15) is 19.7 Å². The van der Waals surface area contributed by atoms with Gasteiger partial charge in [0.05, 0.1) is 15.4 Å². The first kappa shape index (κ1) is 16.7. The third kappa shape index (κ3) is 4.65. The Kier molecular flexibility index (Phi) is 5.48. The molecule has 118 valence electrons. The summed E-state index contributed by atoms with van der Waals surface area (Å²) in [5.74, 6) is -1.07. The smallest absolute Gasteiger partial charge is 0.338 e. The topological polar surface area (TPSA) is 86.5 Å². The van der Waals surface area contributed by atoms with Crippen molar-refractivity contribution in [3.05, 3.63) is 64.2 Å². The lowest BCUT2D eigenvalue weighted by molar-refractivity contribution is -0.387. The predicted octanol–water partition coefficient (Wildman–Crippen LogP) is 3.49. The molecule has 0 aliphatic heterocycles. The Bertz CT molecular complexity index is 745. The van der Waals surface area contributed by atoms with Crippen LogP contribution in [0.4, 0.5) is 5.69 Å². The molecule has 0 spiro atoms. The summed E-state index contributed by atoms with van der Waals surface area (Å²) in [4.78, 5) is 34.6. The molecule has 0 aliphatic carbocycles. The van der Waals surface area contributed by atoms with Crippen LogP contribution in [-0.2, 0) is 9.53 Å². The van der Waals surface area contributed by atoms with Gasteiger partial charge in [0.1, 0.15) is 6.61 Å². The van der Waals surface area contributed by atoms with E-state index in [1.54, 1.807) is 0 Å². The molecule has 23 heavy (non-hydrogen) atoms. The number of carbonyl (C=O) groups excluding carboxylic acids is 2. The second-order valence-electron chi connectivity index (χ2n) is 4.63. The van der Waals surface area contributed by atoms with E-state index in [-0.39, 0.29) is 23.6 Å². The molecule has 0 saturated carbocycles. The molecule has 0 radical (unpaired) electrons. The number of hydrogen-bond donors (Lipinski definition) is 0. The fourth-order valence-electron chi connectivity index (χ4n) is 1.74. The lowest BCUT2D eigenvalue weighted by Gasteiger charge is -2.06. The van der Waals surface area contributed by atoms with Gasteiger partial charge in [0.15, 0.2) is 5.78 Å². The lowest BCUT2D eigenvalue weighted by atomic mass is 10.2. The van der Waals surface area contributed by atoms with Gasteiger partial charge in [-0.2, -0.15) is 0 Å². The average molecular weight is 331 g/mol. The molecular formula is C16H13NO5S. The molecule has 0 saturated heterocycles. The molecule has 2 rings (SSSR count). The minimum Gasteiger partial charge on any atom is -0.454 e. The summed E-state index contributed by atoms with van der Waals surface area (Å²) in [6, 6.07) is 13.3. The van der Waals surface area contributed by atoms with Crippen LogP contribution in [-0.4, -0.2) is 23.3 Å². The average Bonchev–Trinajstić information content (AvgIpc) is 2.53. The summed E-state index contributed by atoms with van der Waals surface area (Å²) >= 11 is 1.23. The van der Waals surface area contributed by atoms with E-state index in [2.05, 4.69) is 0 Å². The van der Waals surface area contributed by atoms with Gasteiger partial charge in [0, 0.05) is 11.0 Å². The molecule has 0 amide bonds. The Hall–Kier alpha value is -2.67. The Balaban J connectivity index is 2.26. The number of Topliss-reactive ketones (excluding diaryl/α,β-unsaturated/α-hetero) is 1. The highest BCUT2D eigenvalue weighted by Gasteiger charge is 2.19. The van der Waals surface area contributed by atoms with Gasteiger partial charge in [-0.25, -0.2) is 4.79 Å². The number of benzene rings is 2. The Morgan fingerprint density at radius 3 is 2.48 bits per heavy atom. The number of nitrogens with zero attached hydrogens (tertiary/aromatic N) is 1. The van der Waals surface area contributed by atoms with Crippen LogP contribution in [0.3, 0.4) is 0 Å². The Morgan fingerprint density at radius 2 is 1.87 bits per heavy atom. The molecule has 0 heterocycles. The summed E-state index contributed by atoms with van der Waals surface area (Å²) in [7, 11) is 0. The van der Waals surface area contributed by atoms with Gasteiger partial charge < -0.3 is 4.74 Å². The second-order valence-corrected chi connectivity index (χ2v) is 5.75. The maximum atomic E-state index is 11.8. The standard InChI is InChI=1S/C16H13NO5S/c1-11(18)10-22-16(19)12-7-8-15(14(9-12)17(20)21)23-13-5-3-2-4-6-13/h2-9H,10H2,1H3. The van der Waals surface area contributed by atoms with Crippen molar-refractivity contribution in [2.45, 2.75) is 16.7 Å². The lowest BCUT2D eigenvalue weighted by Crippen LogP contribution is -2.11. The van der Waals surface area contributed by atoms with E-state index in [0.717, 1.165) is 11.0 Å². The maximum absolute atomic E-state index is 11.8. The highest BCUT2D eigenvalue weighted by Crippen LogP contribution is 2.35.